The number of hydrogen-bond donors (Lipinski definition) is 2. The summed E-state index contributed by atoms with van der Waals surface area (Å²) in [7, 11) is 1.59. The lowest BCUT2D eigenvalue weighted by molar-refractivity contribution is 0.422. The second-order valence-corrected chi connectivity index (χ2v) is 4.01. The van der Waals surface area contributed by atoms with Crippen molar-refractivity contribution in [1.82, 2.24) is 9.78 Å². The van der Waals surface area contributed by atoms with Crippen molar-refractivity contribution in [3.63, 3.8) is 0 Å². The summed E-state index contributed by atoms with van der Waals surface area (Å²) in [4.78, 5) is 0. The molecule has 100 valence electrons. The van der Waals surface area contributed by atoms with Crippen LogP contribution in [0.5, 0.6) is 11.6 Å². The van der Waals surface area contributed by atoms with E-state index >= 15 is 0 Å². The maximum absolute atomic E-state index is 13.1. The lowest BCUT2D eigenvalue weighted by atomic mass is 10.2. The molecule has 7 heteroatoms. The van der Waals surface area contributed by atoms with Crippen molar-refractivity contribution in [3.05, 3.63) is 41.1 Å². The molecule has 0 fully saturated rings. The van der Waals surface area contributed by atoms with E-state index < -0.39 is 11.6 Å². The van der Waals surface area contributed by atoms with Crippen molar-refractivity contribution in [2.45, 2.75) is 6.92 Å². The number of halogens is 2. The lowest BCUT2D eigenvalue weighted by Gasteiger charge is -2.08. The first-order chi connectivity index (χ1) is 8.88. The van der Waals surface area contributed by atoms with Crippen molar-refractivity contribution in [1.29, 1.82) is 5.41 Å². The molecule has 19 heavy (non-hydrogen) atoms. The molecular weight excluding hydrogens is 254 g/mol. The molecule has 0 saturated heterocycles. The highest BCUT2D eigenvalue weighted by molar-refractivity contribution is 5.98. The molecule has 5 nitrogen and oxygen atoms in total. The molecular formula is C12H12F2N4O. The standard InChI is InChI=1S/C12H12F2N4O/c1-6-10(11(15)16)12(18(2)17-6)19-9-4-7(13)3-8(14)5-9/h3-5H,1-2H3,(H3,15,16). The third kappa shape index (κ3) is 2.54. The first-order valence-corrected chi connectivity index (χ1v) is 5.40. The Morgan fingerprint density at radius 2 is 1.89 bits per heavy atom. The van der Waals surface area contributed by atoms with E-state index in [1.54, 1.807) is 14.0 Å². The Labute approximate surface area is 108 Å². The zero-order valence-corrected chi connectivity index (χ0v) is 10.4. The molecule has 0 radical (unpaired) electrons. The molecule has 0 spiro atoms. The molecule has 0 amide bonds. The van der Waals surface area contributed by atoms with E-state index in [9.17, 15) is 8.78 Å². The van der Waals surface area contributed by atoms with Crippen LogP contribution in [-0.4, -0.2) is 15.6 Å². The average molecular weight is 266 g/mol. The highest BCUT2D eigenvalue weighted by Crippen LogP contribution is 2.27. The number of rotatable bonds is 3. The van der Waals surface area contributed by atoms with Crippen molar-refractivity contribution in [2.75, 3.05) is 0 Å². The number of ether oxygens (including phenoxy) is 1. The van der Waals surface area contributed by atoms with Crippen LogP contribution in [0.25, 0.3) is 0 Å². The van der Waals surface area contributed by atoms with Crippen molar-refractivity contribution < 1.29 is 13.5 Å². The van der Waals surface area contributed by atoms with Gasteiger partial charge in [0, 0.05) is 25.2 Å². The minimum atomic E-state index is -0.752. The first kappa shape index (κ1) is 13.0. The Morgan fingerprint density at radius 3 is 2.42 bits per heavy atom. The summed E-state index contributed by atoms with van der Waals surface area (Å²) >= 11 is 0. The molecule has 0 atom stereocenters. The summed E-state index contributed by atoms with van der Waals surface area (Å²) in [6.07, 6.45) is 0. The second-order valence-electron chi connectivity index (χ2n) is 4.01. The van der Waals surface area contributed by atoms with Crippen LogP contribution in [0.3, 0.4) is 0 Å². The number of hydrogen-bond acceptors (Lipinski definition) is 3. The number of benzene rings is 1. The van der Waals surface area contributed by atoms with Crippen molar-refractivity contribution in [2.24, 2.45) is 12.8 Å². The molecule has 2 rings (SSSR count). The fourth-order valence-corrected chi connectivity index (χ4v) is 1.76. The van der Waals surface area contributed by atoms with Gasteiger partial charge in [-0.1, -0.05) is 0 Å². The molecule has 0 aliphatic carbocycles. The smallest absolute Gasteiger partial charge is 0.228 e. The minimum Gasteiger partial charge on any atom is -0.438 e. The Morgan fingerprint density at radius 1 is 1.32 bits per heavy atom. The van der Waals surface area contributed by atoms with Gasteiger partial charge >= 0.3 is 0 Å². The molecule has 0 aliphatic heterocycles. The third-order valence-electron chi connectivity index (χ3n) is 2.49. The Balaban J connectivity index is 2.46. The molecule has 1 heterocycles. The molecule has 2 aromatic rings. The number of nitrogens with two attached hydrogens (primary N) is 1. The summed E-state index contributed by atoms with van der Waals surface area (Å²) in [6, 6.07) is 2.82. The van der Waals surface area contributed by atoms with Gasteiger partial charge in [-0.2, -0.15) is 5.10 Å². The van der Waals surface area contributed by atoms with E-state index in [0.29, 0.717) is 11.3 Å². The van der Waals surface area contributed by atoms with Crippen LogP contribution in [0.2, 0.25) is 0 Å². The van der Waals surface area contributed by atoms with E-state index in [-0.39, 0.29) is 17.5 Å². The van der Waals surface area contributed by atoms with Gasteiger partial charge < -0.3 is 10.5 Å². The van der Waals surface area contributed by atoms with Gasteiger partial charge in [-0.05, 0) is 6.92 Å². The number of amidine groups is 1. The predicted molar refractivity (Wildman–Crippen MR) is 65.4 cm³/mol. The maximum atomic E-state index is 13.1. The van der Waals surface area contributed by atoms with Gasteiger partial charge in [-0.3, -0.25) is 5.41 Å². The molecule has 0 bridgehead atoms. The number of nitrogens with zero attached hydrogens (tertiary/aromatic N) is 2. The fourth-order valence-electron chi connectivity index (χ4n) is 1.76. The Bertz CT molecular complexity index is 631. The highest BCUT2D eigenvalue weighted by Gasteiger charge is 2.18. The van der Waals surface area contributed by atoms with Gasteiger partial charge in [0.15, 0.2) is 0 Å². The second kappa shape index (κ2) is 4.68. The van der Waals surface area contributed by atoms with Gasteiger partial charge in [-0.15, -0.1) is 0 Å². The summed E-state index contributed by atoms with van der Waals surface area (Å²) in [5.74, 6) is -1.59. The Kier molecular flexibility index (Phi) is 3.20. The van der Waals surface area contributed by atoms with Crippen LogP contribution in [0.15, 0.2) is 18.2 Å². The molecule has 0 aliphatic rings. The highest BCUT2D eigenvalue weighted by atomic mass is 19.1. The zero-order chi connectivity index (χ0) is 14.2. The van der Waals surface area contributed by atoms with E-state index in [0.717, 1.165) is 18.2 Å². The minimum absolute atomic E-state index is 0.0250. The predicted octanol–water partition coefficient (Wildman–Crippen LogP) is 2.08. The van der Waals surface area contributed by atoms with E-state index in [4.69, 9.17) is 15.9 Å². The van der Waals surface area contributed by atoms with Gasteiger partial charge in [-0.25, -0.2) is 13.5 Å². The van der Waals surface area contributed by atoms with E-state index in [1.807, 2.05) is 0 Å². The van der Waals surface area contributed by atoms with Crippen LogP contribution >= 0.6 is 0 Å². The number of nitrogen functional groups attached to an aromatic ring is 1. The first-order valence-electron chi connectivity index (χ1n) is 5.40. The van der Waals surface area contributed by atoms with Crippen LogP contribution in [0.1, 0.15) is 11.3 Å². The van der Waals surface area contributed by atoms with Gasteiger partial charge in [0.25, 0.3) is 0 Å². The van der Waals surface area contributed by atoms with Gasteiger partial charge in [0.2, 0.25) is 5.88 Å². The summed E-state index contributed by atoms with van der Waals surface area (Å²) in [5, 5.41) is 11.5. The van der Waals surface area contributed by atoms with Crippen LogP contribution in [0, 0.1) is 24.0 Å². The topological polar surface area (TPSA) is 76.9 Å². The van der Waals surface area contributed by atoms with Crippen molar-refractivity contribution in [3.8, 4) is 11.6 Å². The molecule has 3 N–H and O–H groups in total. The van der Waals surface area contributed by atoms with E-state index in [1.165, 1.54) is 4.68 Å². The normalized spacial score (nSPS) is 10.5. The Hall–Kier alpha value is -2.44. The van der Waals surface area contributed by atoms with Crippen LogP contribution in [-0.2, 0) is 7.05 Å². The van der Waals surface area contributed by atoms with Crippen LogP contribution < -0.4 is 10.5 Å². The molecule has 1 aromatic heterocycles. The average Bonchev–Trinajstić information content (AvgIpc) is 2.52. The fraction of sp³-hybridized carbons (Fsp3) is 0.167. The van der Waals surface area contributed by atoms with Crippen molar-refractivity contribution >= 4 is 5.84 Å². The summed E-state index contributed by atoms with van der Waals surface area (Å²) < 4.78 is 32.9. The summed E-state index contributed by atoms with van der Waals surface area (Å²) in [6.45, 7) is 1.66. The largest absolute Gasteiger partial charge is 0.438 e. The SMILES string of the molecule is Cc1nn(C)c(Oc2cc(F)cc(F)c2)c1C(=N)N. The quantitative estimate of drug-likeness (QED) is 0.659. The van der Waals surface area contributed by atoms with Crippen LogP contribution in [0.4, 0.5) is 8.78 Å². The summed E-state index contributed by atoms with van der Waals surface area (Å²) in [5.41, 5.74) is 6.24. The van der Waals surface area contributed by atoms with E-state index in [2.05, 4.69) is 5.10 Å². The number of aromatic nitrogens is 2. The molecule has 1 aromatic carbocycles. The van der Waals surface area contributed by atoms with Gasteiger partial charge in [0.1, 0.15) is 28.8 Å². The zero-order valence-electron chi connectivity index (χ0n) is 10.4. The van der Waals surface area contributed by atoms with Gasteiger partial charge in [0.05, 0.1) is 5.69 Å². The maximum Gasteiger partial charge on any atom is 0.228 e. The number of aryl methyl sites for hydroxylation is 2. The number of nitrogens with one attached hydrogen (secondary N) is 1. The lowest BCUT2D eigenvalue weighted by Crippen LogP contribution is -2.13. The molecule has 0 saturated carbocycles. The monoisotopic (exact) mass is 266 g/mol. The third-order valence-corrected chi connectivity index (χ3v) is 2.49. The molecule has 0 unspecified atom stereocenters.